The Morgan fingerprint density at radius 2 is 1.87 bits per heavy atom. The van der Waals surface area contributed by atoms with Gasteiger partial charge < -0.3 is 9.80 Å². The van der Waals surface area contributed by atoms with Crippen LogP contribution in [0.3, 0.4) is 0 Å². The Kier molecular flexibility index (Phi) is 4.19. The van der Waals surface area contributed by atoms with E-state index in [0.29, 0.717) is 11.6 Å². The van der Waals surface area contributed by atoms with Gasteiger partial charge in [0.15, 0.2) is 0 Å². The minimum absolute atomic E-state index is 0.327. The van der Waals surface area contributed by atoms with Crippen LogP contribution in [0.25, 0.3) is 0 Å². The van der Waals surface area contributed by atoms with Crippen LogP contribution in [-0.2, 0) is 0 Å². The van der Waals surface area contributed by atoms with Gasteiger partial charge in [-0.2, -0.15) is 0 Å². The number of likely N-dealkylation sites (tertiary alicyclic amines) is 1. The summed E-state index contributed by atoms with van der Waals surface area (Å²) < 4.78 is 0. The van der Waals surface area contributed by atoms with Crippen LogP contribution in [0, 0.1) is 5.92 Å². The standard InChI is InChI=1S/C13H28N2/c1-11(2)15-9-7-8-12(10-15)13(3,4)14(5)6/h11-12H,7-10H2,1-6H3/t12-/m1/s1. The molecule has 0 amide bonds. The molecule has 0 aromatic carbocycles. The van der Waals surface area contributed by atoms with Crippen molar-refractivity contribution < 1.29 is 0 Å². The highest BCUT2D eigenvalue weighted by Crippen LogP contribution is 2.30. The highest BCUT2D eigenvalue weighted by atomic mass is 15.2. The van der Waals surface area contributed by atoms with Crippen LogP contribution >= 0.6 is 0 Å². The molecule has 0 N–H and O–H groups in total. The van der Waals surface area contributed by atoms with Gasteiger partial charge in [0.25, 0.3) is 0 Å². The molecule has 0 aromatic heterocycles. The van der Waals surface area contributed by atoms with E-state index in [4.69, 9.17) is 0 Å². The average molecular weight is 212 g/mol. The first-order valence-electron chi connectivity index (χ1n) is 6.27. The van der Waals surface area contributed by atoms with E-state index >= 15 is 0 Å². The Morgan fingerprint density at radius 3 is 2.33 bits per heavy atom. The van der Waals surface area contributed by atoms with Crippen molar-refractivity contribution in [3.63, 3.8) is 0 Å². The van der Waals surface area contributed by atoms with Gasteiger partial charge in [-0.25, -0.2) is 0 Å². The van der Waals surface area contributed by atoms with E-state index in [2.05, 4.69) is 51.6 Å². The van der Waals surface area contributed by atoms with Crippen LogP contribution in [0.1, 0.15) is 40.5 Å². The van der Waals surface area contributed by atoms with E-state index in [1.165, 1.54) is 25.9 Å². The zero-order valence-corrected chi connectivity index (χ0v) is 11.4. The highest BCUT2D eigenvalue weighted by Gasteiger charge is 2.35. The fourth-order valence-electron chi connectivity index (χ4n) is 2.42. The monoisotopic (exact) mass is 212 g/mol. The van der Waals surface area contributed by atoms with Gasteiger partial charge in [-0.3, -0.25) is 0 Å². The maximum Gasteiger partial charge on any atom is 0.0187 e. The first-order chi connectivity index (χ1) is 6.85. The molecule has 1 fully saturated rings. The van der Waals surface area contributed by atoms with E-state index in [9.17, 15) is 0 Å². The van der Waals surface area contributed by atoms with Gasteiger partial charge in [-0.05, 0) is 67.1 Å². The summed E-state index contributed by atoms with van der Waals surface area (Å²) >= 11 is 0. The lowest BCUT2D eigenvalue weighted by Crippen LogP contribution is -2.52. The Hall–Kier alpha value is -0.0800. The SMILES string of the molecule is CC(C)N1CCC[C@@H](C(C)(C)N(C)C)C1. The van der Waals surface area contributed by atoms with Crippen molar-refractivity contribution in [2.24, 2.45) is 5.92 Å². The predicted octanol–water partition coefficient (Wildman–Crippen LogP) is 2.45. The van der Waals surface area contributed by atoms with Crippen molar-refractivity contribution in [1.29, 1.82) is 0 Å². The van der Waals surface area contributed by atoms with Crippen molar-refractivity contribution in [3.05, 3.63) is 0 Å². The molecule has 0 spiro atoms. The lowest BCUT2D eigenvalue weighted by Gasteiger charge is -2.46. The number of hydrogen-bond acceptors (Lipinski definition) is 2. The van der Waals surface area contributed by atoms with Crippen LogP contribution in [0.5, 0.6) is 0 Å². The molecule has 1 aliphatic rings. The topological polar surface area (TPSA) is 6.48 Å². The van der Waals surface area contributed by atoms with E-state index in [-0.39, 0.29) is 0 Å². The number of nitrogens with zero attached hydrogens (tertiary/aromatic N) is 2. The first-order valence-corrected chi connectivity index (χ1v) is 6.27. The van der Waals surface area contributed by atoms with Crippen LogP contribution in [0.2, 0.25) is 0 Å². The summed E-state index contributed by atoms with van der Waals surface area (Å²) in [7, 11) is 4.41. The van der Waals surface area contributed by atoms with Crippen molar-refractivity contribution in [2.45, 2.75) is 52.1 Å². The second kappa shape index (κ2) is 4.84. The maximum absolute atomic E-state index is 2.62. The molecule has 1 heterocycles. The van der Waals surface area contributed by atoms with Gasteiger partial charge in [0.2, 0.25) is 0 Å². The van der Waals surface area contributed by atoms with Gasteiger partial charge in [0, 0.05) is 18.1 Å². The Bertz CT molecular complexity index is 197. The summed E-state index contributed by atoms with van der Waals surface area (Å²) in [6, 6.07) is 0.700. The second-order valence-corrected chi connectivity index (χ2v) is 5.98. The fourth-order valence-corrected chi connectivity index (χ4v) is 2.42. The van der Waals surface area contributed by atoms with Gasteiger partial charge in [-0.15, -0.1) is 0 Å². The highest BCUT2D eigenvalue weighted by molar-refractivity contribution is 4.90. The summed E-state index contributed by atoms with van der Waals surface area (Å²) in [4.78, 5) is 5.00. The molecular weight excluding hydrogens is 184 g/mol. The van der Waals surface area contributed by atoms with Gasteiger partial charge in [-0.1, -0.05) is 0 Å². The summed E-state index contributed by atoms with van der Waals surface area (Å²) in [6.45, 7) is 11.9. The molecule has 0 radical (unpaired) electrons. The van der Waals surface area contributed by atoms with E-state index in [1.807, 2.05) is 0 Å². The van der Waals surface area contributed by atoms with Crippen molar-refractivity contribution in [3.8, 4) is 0 Å². The largest absolute Gasteiger partial charge is 0.304 e. The molecule has 2 heteroatoms. The summed E-state index contributed by atoms with van der Waals surface area (Å²) in [6.07, 6.45) is 2.74. The van der Waals surface area contributed by atoms with Gasteiger partial charge >= 0.3 is 0 Å². The normalized spacial score (nSPS) is 25.2. The quantitative estimate of drug-likeness (QED) is 0.709. The minimum Gasteiger partial charge on any atom is -0.304 e. The zero-order valence-electron chi connectivity index (χ0n) is 11.4. The molecule has 90 valence electrons. The Balaban J connectivity index is 2.63. The fraction of sp³-hybridized carbons (Fsp3) is 1.00. The summed E-state index contributed by atoms with van der Waals surface area (Å²) in [5.41, 5.74) is 0.327. The number of hydrogen-bond donors (Lipinski definition) is 0. The molecule has 0 unspecified atom stereocenters. The predicted molar refractivity (Wildman–Crippen MR) is 67.2 cm³/mol. The number of rotatable bonds is 3. The number of piperidine rings is 1. The zero-order chi connectivity index (χ0) is 11.6. The summed E-state index contributed by atoms with van der Waals surface area (Å²) in [5, 5.41) is 0. The van der Waals surface area contributed by atoms with Crippen molar-refractivity contribution in [2.75, 3.05) is 27.2 Å². The second-order valence-electron chi connectivity index (χ2n) is 5.98. The third-order valence-electron chi connectivity index (χ3n) is 4.33. The maximum atomic E-state index is 2.62. The van der Waals surface area contributed by atoms with Crippen LogP contribution < -0.4 is 0 Å². The van der Waals surface area contributed by atoms with E-state index in [1.54, 1.807) is 0 Å². The van der Waals surface area contributed by atoms with Crippen molar-refractivity contribution >= 4 is 0 Å². The third kappa shape index (κ3) is 2.94. The third-order valence-corrected chi connectivity index (χ3v) is 4.33. The molecule has 1 rings (SSSR count). The molecule has 0 aromatic rings. The van der Waals surface area contributed by atoms with Crippen LogP contribution in [0.15, 0.2) is 0 Å². The van der Waals surface area contributed by atoms with E-state index in [0.717, 1.165) is 5.92 Å². The van der Waals surface area contributed by atoms with Crippen molar-refractivity contribution in [1.82, 2.24) is 9.80 Å². The van der Waals surface area contributed by atoms with E-state index < -0.39 is 0 Å². The molecule has 1 saturated heterocycles. The smallest absolute Gasteiger partial charge is 0.0187 e. The molecule has 2 nitrogen and oxygen atoms in total. The summed E-state index contributed by atoms with van der Waals surface area (Å²) in [5.74, 6) is 0.809. The van der Waals surface area contributed by atoms with Gasteiger partial charge in [0.1, 0.15) is 0 Å². The Labute approximate surface area is 95.6 Å². The molecular formula is C13H28N2. The Morgan fingerprint density at radius 1 is 1.27 bits per heavy atom. The molecule has 0 bridgehead atoms. The van der Waals surface area contributed by atoms with Gasteiger partial charge in [0.05, 0.1) is 0 Å². The minimum atomic E-state index is 0.327. The molecule has 0 saturated carbocycles. The average Bonchev–Trinajstić information content (AvgIpc) is 2.17. The van der Waals surface area contributed by atoms with Crippen LogP contribution in [0.4, 0.5) is 0 Å². The molecule has 0 aliphatic carbocycles. The lowest BCUT2D eigenvalue weighted by atomic mass is 9.80. The molecule has 1 aliphatic heterocycles. The molecule has 15 heavy (non-hydrogen) atoms. The molecule has 1 atom stereocenters. The lowest BCUT2D eigenvalue weighted by molar-refractivity contribution is 0.0396. The van der Waals surface area contributed by atoms with Crippen LogP contribution in [-0.4, -0.2) is 48.6 Å². The first kappa shape index (κ1) is 13.0.